The maximum atomic E-state index is 12.1. The molecule has 0 heterocycles. The van der Waals surface area contributed by atoms with Crippen molar-refractivity contribution in [2.24, 2.45) is 0 Å². The number of phosphoric ester groups is 1. The van der Waals surface area contributed by atoms with E-state index in [1.54, 1.807) is 0 Å². The van der Waals surface area contributed by atoms with Crippen LogP contribution in [0.3, 0.4) is 0 Å². The summed E-state index contributed by atoms with van der Waals surface area (Å²) in [5.41, 5.74) is 0. The lowest BCUT2D eigenvalue weighted by atomic mass is 10.0. The minimum atomic E-state index is -4.48. The monoisotopic (exact) mass is 720 g/mol. The van der Waals surface area contributed by atoms with Gasteiger partial charge in [-0.25, -0.2) is 0 Å². The molecule has 0 fully saturated rings. The third kappa shape index (κ3) is 38.6. The van der Waals surface area contributed by atoms with E-state index in [9.17, 15) is 14.3 Å². The normalized spacial score (nSPS) is 13.8. The molecule has 0 bridgehead atoms. The minimum Gasteiger partial charge on any atom is -0.756 e. The zero-order valence-electron chi connectivity index (χ0n) is 33.2. The van der Waals surface area contributed by atoms with E-state index in [-0.39, 0.29) is 32.2 Å². The molecule has 0 rings (SSSR count). The first kappa shape index (κ1) is 48.5. The molecule has 0 aliphatic rings. The smallest absolute Gasteiger partial charge is 0.306 e. The number of hydrogen-bond donors (Lipinski definition) is 0. The number of rotatable bonds is 39. The Morgan fingerprint density at radius 2 is 0.939 bits per heavy atom. The molecule has 9 heteroatoms. The number of hydrogen-bond acceptors (Lipinski definition) is 7. The fourth-order valence-corrected chi connectivity index (χ4v) is 6.67. The maximum absolute atomic E-state index is 12.1. The van der Waals surface area contributed by atoms with E-state index in [1.165, 1.54) is 154 Å². The Morgan fingerprint density at radius 1 is 0.551 bits per heavy atom. The first-order valence-corrected chi connectivity index (χ1v) is 22.2. The molecule has 2 unspecified atom stereocenters. The molecule has 8 nitrogen and oxygen atoms in total. The van der Waals surface area contributed by atoms with Gasteiger partial charge in [0.05, 0.1) is 34.4 Å². The maximum Gasteiger partial charge on any atom is 0.306 e. The van der Waals surface area contributed by atoms with Gasteiger partial charge in [-0.2, -0.15) is 0 Å². The minimum absolute atomic E-state index is 0.0285. The Morgan fingerprint density at radius 3 is 1.31 bits per heavy atom. The summed E-state index contributed by atoms with van der Waals surface area (Å²) in [5, 5.41) is 0. The van der Waals surface area contributed by atoms with Gasteiger partial charge in [0, 0.05) is 13.0 Å². The van der Waals surface area contributed by atoms with E-state index in [1.807, 2.05) is 28.1 Å². The highest BCUT2D eigenvalue weighted by Gasteiger charge is 2.20. The predicted molar refractivity (Wildman–Crippen MR) is 204 cm³/mol. The third-order valence-electron chi connectivity index (χ3n) is 9.13. The number of nitrogens with zero attached hydrogens (tertiary/aromatic N) is 1. The highest BCUT2D eigenvalue weighted by Crippen LogP contribution is 2.38. The summed E-state index contributed by atoms with van der Waals surface area (Å²) in [6.07, 6.45) is 35.8. The molecular formula is C40H82NO7P. The summed E-state index contributed by atoms with van der Waals surface area (Å²) in [7, 11) is 1.36. The molecule has 0 amide bonds. The van der Waals surface area contributed by atoms with Crippen LogP contribution in [0.2, 0.25) is 0 Å². The van der Waals surface area contributed by atoms with E-state index in [0.717, 1.165) is 12.8 Å². The molecule has 0 aromatic carbocycles. The van der Waals surface area contributed by atoms with Crippen LogP contribution in [0.15, 0.2) is 0 Å². The summed E-state index contributed by atoms with van der Waals surface area (Å²) in [4.78, 5) is 24.1. The fraction of sp³-hybridized carbons (Fsp3) is 0.975. The number of quaternary nitrogens is 1. The molecular weight excluding hydrogens is 637 g/mol. The average Bonchev–Trinajstić information content (AvgIpc) is 3.04. The quantitative estimate of drug-likeness (QED) is 0.0270. The van der Waals surface area contributed by atoms with E-state index in [0.29, 0.717) is 24.1 Å². The molecule has 0 aromatic heterocycles. The third-order valence-corrected chi connectivity index (χ3v) is 10.1. The Kier molecular flexibility index (Phi) is 34.2. The summed E-state index contributed by atoms with van der Waals surface area (Å²) >= 11 is 0. The van der Waals surface area contributed by atoms with Gasteiger partial charge in [0.15, 0.2) is 0 Å². The first-order valence-electron chi connectivity index (χ1n) is 20.8. The average molecular weight is 720 g/mol. The lowest BCUT2D eigenvalue weighted by Crippen LogP contribution is -2.37. The zero-order chi connectivity index (χ0) is 36.3. The zero-order valence-corrected chi connectivity index (χ0v) is 34.1. The van der Waals surface area contributed by atoms with Crippen molar-refractivity contribution in [3.05, 3.63) is 0 Å². The molecule has 49 heavy (non-hydrogen) atoms. The number of likely N-dealkylation sites (N-methyl/N-ethyl adjacent to an activating group) is 1. The van der Waals surface area contributed by atoms with E-state index in [4.69, 9.17) is 18.5 Å². The molecule has 0 aromatic rings. The van der Waals surface area contributed by atoms with Gasteiger partial charge in [0.25, 0.3) is 7.82 Å². The highest BCUT2D eigenvalue weighted by molar-refractivity contribution is 7.45. The van der Waals surface area contributed by atoms with Crippen molar-refractivity contribution in [3.8, 4) is 0 Å². The number of carbonyl (C=O) groups excluding carboxylic acids is 1. The van der Waals surface area contributed by atoms with Gasteiger partial charge in [-0.15, -0.1) is 0 Å². The van der Waals surface area contributed by atoms with Gasteiger partial charge >= 0.3 is 5.97 Å². The van der Waals surface area contributed by atoms with Crippen LogP contribution in [0.4, 0.5) is 0 Å². The number of phosphoric acid groups is 1. The molecule has 2 atom stereocenters. The van der Waals surface area contributed by atoms with Gasteiger partial charge in [-0.3, -0.25) is 9.36 Å². The number of ether oxygens (including phenoxy) is 2. The summed E-state index contributed by atoms with van der Waals surface area (Å²) in [6.45, 7) is 5.08. The van der Waals surface area contributed by atoms with Crippen LogP contribution in [-0.2, 0) is 27.9 Å². The van der Waals surface area contributed by atoms with Crippen molar-refractivity contribution in [2.75, 3.05) is 54.1 Å². The van der Waals surface area contributed by atoms with Gasteiger partial charge in [0.2, 0.25) is 0 Å². The lowest BCUT2D eigenvalue weighted by Gasteiger charge is -2.28. The standard InChI is InChI=1S/C40H82NO7P/c1-6-8-9-10-11-12-13-14-15-16-17-18-19-20-21-22-23-24-25-26-27-28-29-30-31-32-35-45-37-39(48-40(42)33-7-2)38-47-49(43,44)46-36-34-41(3,4)5/h39H,6-38H2,1-5H3. The number of unbranched alkanes of at least 4 members (excludes halogenated alkanes) is 25. The van der Waals surface area contributed by atoms with Crippen LogP contribution < -0.4 is 4.89 Å². The lowest BCUT2D eigenvalue weighted by molar-refractivity contribution is -0.870. The molecule has 294 valence electrons. The van der Waals surface area contributed by atoms with Crippen LogP contribution in [0.1, 0.15) is 194 Å². The molecule has 0 N–H and O–H groups in total. The second-order valence-electron chi connectivity index (χ2n) is 15.4. The van der Waals surface area contributed by atoms with E-state index >= 15 is 0 Å². The summed E-state index contributed by atoms with van der Waals surface area (Å²) in [5.74, 6) is -0.383. The van der Waals surface area contributed by atoms with Crippen LogP contribution in [0.25, 0.3) is 0 Å². The van der Waals surface area contributed by atoms with Crippen molar-refractivity contribution in [1.82, 2.24) is 0 Å². The van der Waals surface area contributed by atoms with Crippen molar-refractivity contribution < 1.29 is 37.3 Å². The Hall–Kier alpha value is -0.500. The van der Waals surface area contributed by atoms with Crippen molar-refractivity contribution in [2.45, 2.75) is 200 Å². The van der Waals surface area contributed by atoms with Crippen molar-refractivity contribution in [3.63, 3.8) is 0 Å². The Labute approximate surface area is 304 Å². The number of esters is 1. The van der Waals surface area contributed by atoms with Crippen molar-refractivity contribution >= 4 is 13.8 Å². The Balaban J connectivity index is 3.61. The van der Waals surface area contributed by atoms with Crippen LogP contribution >= 0.6 is 7.82 Å². The molecule has 0 aliphatic carbocycles. The molecule has 0 radical (unpaired) electrons. The van der Waals surface area contributed by atoms with E-state index < -0.39 is 13.9 Å². The largest absolute Gasteiger partial charge is 0.756 e. The first-order chi connectivity index (χ1) is 23.6. The van der Waals surface area contributed by atoms with Gasteiger partial charge in [-0.05, 0) is 12.8 Å². The summed E-state index contributed by atoms with van der Waals surface area (Å²) < 4.78 is 33.8. The van der Waals surface area contributed by atoms with Crippen LogP contribution in [0.5, 0.6) is 0 Å². The predicted octanol–water partition coefficient (Wildman–Crippen LogP) is 11.1. The van der Waals surface area contributed by atoms with Gasteiger partial charge in [0.1, 0.15) is 19.3 Å². The van der Waals surface area contributed by atoms with Gasteiger partial charge in [-0.1, -0.05) is 174 Å². The molecule has 0 spiro atoms. The highest BCUT2D eigenvalue weighted by atomic mass is 31.2. The van der Waals surface area contributed by atoms with Gasteiger partial charge < -0.3 is 27.9 Å². The second kappa shape index (κ2) is 34.6. The fourth-order valence-electron chi connectivity index (χ4n) is 5.94. The molecule has 0 saturated carbocycles. The summed E-state index contributed by atoms with van der Waals surface area (Å²) in [6, 6.07) is 0. The van der Waals surface area contributed by atoms with E-state index in [2.05, 4.69) is 6.92 Å². The second-order valence-corrected chi connectivity index (χ2v) is 16.8. The Bertz CT molecular complexity index is 761. The molecule has 0 saturated heterocycles. The van der Waals surface area contributed by atoms with Crippen LogP contribution in [-0.4, -0.2) is 70.7 Å². The van der Waals surface area contributed by atoms with Crippen molar-refractivity contribution in [1.29, 1.82) is 0 Å². The van der Waals surface area contributed by atoms with Crippen LogP contribution in [0, 0.1) is 0 Å². The number of carbonyl (C=O) groups is 1. The molecule has 0 aliphatic heterocycles. The topological polar surface area (TPSA) is 94.1 Å². The SMILES string of the molecule is CCCCCCCCCCCCCCCCCCCCCCCCCCCCOCC(COP(=O)([O-])OCC[N+](C)(C)C)OC(=O)CCC.